The Morgan fingerprint density at radius 2 is 1.96 bits per heavy atom. The van der Waals surface area contributed by atoms with E-state index < -0.39 is 23.7 Å². The second kappa shape index (κ2) is 7.56. The van der Waals surface area contributed by atoms with Crippen molar-refractivity contribution in [2.45, 2.75) is 31.7 Å². The smallest absolute Gasteiger partial charge is 0.330 e. The van der Waals surface area contributed by atoms with Gasteiger partial charge in [0.1, 0.15) is 0 Å². The fourth-order valence-electron chi connectivity index (χ4n) is 3.28. The van der Waals surface area contributed by atoms with E-state index in [2.05, 4.69) is 5.32 Å². The van der Waals surface area contributed by atoms with Crippen molar-refractivity contribution in [1.29, 1.82) is 0 Å². The second-order valence-electron chi connectivity index (χ2n) is 6.37. The third-order valence-electron chi connectivity index (χ3n) is 4.59. The van der Waals surface area contributed by atoms with Crippen LogP contribution in [0.25, 0.3) is 0 Å². The molecule has 0 bridgehead atoms. The number of carboxylic acids is 1. The van der Waals surface area contributed by atoms with Gasteiger partial charge in [-0.1, -0.05) is 24.3 Å². The quantitative estimate of drug-likeness (QED) is 0.834. The fourth-order valence-corrected chi connectivity index (χ4v) is 3.28. The lowest BCUT2D eigenvalue weighted by Gasteiger charge is -2.16. The summed E-state index contributed by atoms with van der Waals surface area (Å²) in [5.41, 5.74) is 3.56. The largest absolute Gasteiger partial charge is 0.494 e. The minimum absolute atomic E-state index is 0.0161. The summed E-state index contributed by atoms with van der Waals surface area (Å²) in [6.45, 7) is 0. The van der Waals surface area contributed by atoms with Crippen LogP contribution in [-0.2, 0) is 28.9 Å². The maximum Gasteiger partial charge on any atom is 0.330 e. The molecule has 0 radical (unpaired) electrons. The first-order valence-corrected chi connectivity index (χ1v) is 8.44. The number of hydrogen-bond acceptors (Lipinski definition) is 3. The van der Waals surface area contributed by atoms with Crippen LogP contribution in [0.5, 0.6) is 5.75 Å². The molecule has 3 rings (SSSR count). The van der Waals surface area contributed by atoms with Crippen LogP contribution in [0, 0.1) is 5.82 Å². The lowest BCUT2D eigenvalue weighted by atomic mass is 10.0. The zero-order valence-corrected chi connectivity index (χ0v) is 14.4. The molecule has 26 heavy (non-hydrogen) atoms. The van der Waals surface area contributed by atoms with Crippen LogP contribution in [-0.4, -0.2) is 24.1 Å². The number of benzene rings is 2. The maximum atomic E-state index is 13.9. The van der Waals surface area contributed by atoms with Gasteiger partial charge in [-0.3, -0.25) is 4.79 Å². The summed E-state index contributed by atoms with van der Waals surface area (Å²) in [5.74, 6) is -2.34. The summed E-state index contributed by atoms with van der Waals surface area (Å²) in [5, 5.41) is 11.9. The number of aliphatic carboxylic acids is 1. The molecule has 1 aliphatic carbocycles. The van der Waals surface area contributed by atoms with E-state index in [1.54, 1.807) is 0 Å². The topological polar surface area (TPSA) is 75.6 Å². The molecule has 2 aromatic carbocycles. The Morgan fingerprint density at radius 3 is 2.65 bits per heavy atom. The Labute approximate surface area is 150 Å². The van der Waals surface area contributed by atoms with E-state index >= 15 is 0 Å². The molecular formula is C20H20FNO4. The number of methoxy groups -OCH3 is 1. The second-order valence-corrected chi connectivity index (χ2v) is 6.37. The molecule has 0 saturated heterocycles. The highest BCUT2D eigenvalue weighted by Crippen LogP contribution is 2.24. The van der Waals surface area contributed by atoms with Crippen LogP contribution in [0.4, 0.5) is 4.39 Å². The predicted molar refractivity (Wildman–Crippen MR) is 93.6 cm³/mol. The first kappa shape index (κ1) is 17.9. The maximum absolute atomic E-state index is 13.9. The summed E-state index contributed by atoms with van der Waals surface area (Å²) in [6, 6.07) is 8.43. The van der Waals surface area contributed by atoms with Crippen LogP contribution in [0.15, 0.2) is 36.4 Å². The Balaban J connectivity index is 1.72. The zero-order valence-electron chi connectivity index (χ0n) is 14.4. The number of nitrogens with one attached hydrogen (secondary N) is 1. The minimum Gasteiger partial charge on any atom is -0.494 e. The van der Waals surface area contributed by atoms with Crippen molar-refractivity contribution in [1.82, 2.24) is 5.32 Å². The molecule has 5 nitrogen and oxygen atoms in total. The fraction of sp³-hybridized carbons (Fsp3) is 0.300. The summed E-state index contributed by atoms with van der Waals surface area (Å²) in [7, 11) is 1.32. The van der Waals surface area contributed by atoms with Crippen molar-refractivity contribution in [3.63, 3.8) is 0 Å². The van der Waals surface area contributed by atoms with Gasteiger partial charge in [0.15, 0.2) is 17.6 Å². The molecule has 6 heteroatoms. The van der Waals surface area contributed by atoms with E-state index in [1.165, 1.54) is 30.4 Å². The Kier molecular flexibility index (Phi) is 5.21. The number of aryl methyl sites for hydroxylation is 2. The number of ether oxygens (including phenoxy) is 1. The molecular weight excluding hydrogens is 337 g/mol. The highest BCUT2D eigenvalue weighted by molar-refractivity contribution is 5.85. The average Bonchev–Trinajstić information content (AvgIpc) is 3.07. The lowest BCUT2D eigenvalue weighted by molar-refractivity contribution is -0.142. The number of rotatable bonds is 6. The number of halogens is 1. The number of amides is 1. The third-order valence-corrected chi connectivity index (χ3v) is 4.59. The third kappa shape index (κ3) is 3.85. The van der Waals surface area contributed by atoms with E-state index in [4.69, 9.17) is 4.74 Å². The van der Waals surface area contributed by atoms with E-state index in [9.17, 15) is 19.1 Å². The molecule has 1 amide bonds. The van der Waals surface area contributed by atoms with Crippen molar-refractivity contribution in [3.05, 3.63) is 64.5 Å². The Hall–Kier alpha value is -2.89. The number of carbonyl (C=O) groups excluding carboxylic acids is 1. The van der Waals surface area contributed by atoms with Gasteiger partial charge in [0.2, 0.25) is 5.91 Å². The van der Waals surface area contributed by atoms with Gasteiger partial charge in [0.05, 0.1) is 13.5 Å². The number of carbonyl (C=O) groups is 2. The number of carboxylic acid groups (broad SMARTS) is 1. The van der Waals surface area contributed by atoms with Crippen LogP contribution < -0.4 is 10.1 Å². The van der Waals surface area contributed by atoms with Gasteiger partial charge in [0.25, 0.3) is 0 Å². The molecule has 0 aliphatic heterocycles. The van der Waals surface area contributed by atoms with Crippen molar-refractivity contribution in [2.75, 3.05) is 7.11 Å². The zero-order chi connectivity index (χ0) is 18.7. The molecule has 1 aliphatic rings. The van der Waals surface area contributed by atoms with Crippen LogP contribution in [0.1, 0.15) is 34.7 Å². The van der Waals surface area contributed by atoms with Gasteiger partial charge >= 0.3 is 5.97 Å². The van der Waals surface area contributed by atoms with Crippen LogP contribution >= 0.6 is 0 Å². The predicted octanol–water partition coefficient (Wildman–Crippen LogP) is 2.81. The van der Waals surface area contributed by atoms with Gasteiger partial charge in [-0.2, -0.15) is 0 Å². The van der Waals surface area contributed by atoms with Crippen molar-refractivity contribution in [3.8, 4) is 5.75 Å². The lowest BCUT2D eigenvalue weighted by Crippen LogP contribution is -2.34. The molecule has 0 spiro atoms. The van der Waals surface area contributed by atoms with Gasteiger partial charge in [-0.25, -0.2) is 9.18 Å². The Bertz CT molecular complexity index is 850. The van der Waals surface area contributed by atoms with E-state index in [0.717, 1.165) is 30.9 Å². The molecule has 0 saturated carbocycles. The molecule has 2 N–H and O–H groups in total. The van der Waals surface area contributed by atoms with E-state index in [1.807, 2.05) is 18.2 Å². The summed E-state index contributed by atoms with van der Waals surface area (Å²) < 4.78 is 18.7. The molecule has 136 valence electrons. The van der Waals surface area contributed by atoms with Crippen molar-refractivity contribution < 1.29 is 23.8 Å². The van der Waals surface area contributed by atoms with Gasteiger partial charge in [-0.15, -0.1) is 0 Å². The van der Waals surface area contributed by atoms with Gasteiger partial charge < -0.3 is 15.2 Å². The Morgan fingerprint density at radius 1 is 1.19 bits per heavy atom. The van der Waals surface area contributed by atoms with Crippen LogP contribution in [0.3, 0.4) is 0 Å². The van der Waals surface area contributed by atoms with Crippen LogP contribution in [0.2, 0.25) is 0 Å². The number of fused-ring (bicyclic) bond motifs is 1. The van der Waals surface area contributed by atoms with Gasteiger partial charge in [0, 0.05) is 0 Å². The molecule has 1 atom stereocenters. The van der Waals surface area contributed by atoms with Crippen molar-refractivity contribution in [2.24, 2.45) is 0 Å². The number of hydrogen-bond donors (Lipinski definition) is 2. The molecule has 0 aromatic heterocycles. The standard InChI is InChI=1S/C20H20FNO4/c1-26-17-8-7-15(11-16(17)21)19(20(24)25)22-18(23)10-12-5-6-13-3-2-4-14(13)9-12/h5-9,11,19H,2-4,10H2,1H3,(H,22,23)(H,24,25). The highest BCUT2D eigenvalue weighted by Gasteiger charge is 2.23. The van der Waals surface area contributed by atoms with E-state index in [-0.39, 0.29) is 17.7 Å². The summed E-state index contributed by atoms with van der Waals surface area (Å²) in [6.07, 6.45) is 3.27. The summed E-state index contributed by atoms with van der Waals surface area (Å²) in [4.78, 5) is 23.9. The highest BCUT2D eigenvalue weighted by atomic mass is 19.1. The summed E-state index contributed by atoms with van der Waals surface area (Å²) >= 11 is 0. The monoisotopic (exact) mass is 357 g/mol. The average molecular weight is 357 g/mol. The normalized spacial score (nSPS) is 13.8. The molecule has 2 aromatic rings. The van der Waals surface area contributed by atoms with Gasteiger partial charge in [-0.05, 0) is 53.6 Å². The molecule has 1 unspecified atom stereocenters. The first-order chi connectivity index (χ1) is 12.5. The SMILES string of the molecule is COc1ccc(C(NC(=O)Cc2ccc3c(c2)CCC3)C(=O)O)cc1F. The molecule has 0 fully saturated rings. The van der Waals surface area contributed by atoms with E-state index in [0.29, 0.717) is 0 Å². The first-order valence-electron chi connectivity index (χ1n) is 8.44. The minimum atomic E-state index is -1.32. The van der Waals surface area contributed by atoms with Crippen molar-refractivity contribution >= 4 is 11.9 Å². The molecule has 0 heterocycles.